The molecule has 2 aromatic rings. The van der Waals surface area contributed by atoms with E-state index in [1.165, 1.54) is 34.7 Å². The maximum absolute atomic E-state index is 13.0. The molecule has 3 rings (SSSR count). The van der Waals surface area contributed by atoms with Gasteiger partial charge in [0, 0.05) is 36.5 Å². The highest BCUT2D eigenvalue weighted by molar-refractivity contribution is 7.10. The summed E-state index contributed by atoms with van der Waals surface area (Å²) in [4.78, 5) is 29.9. The predicted molar refractivity (Wildman–Crippen MR) is 101 cm³/mol. The Kier molecular flexibility index (Phi) is 5.71. The monoisotopic (exact) mass is 374 g/mol. The molecule has 6 heteroatoms. The molecule has 0 radical (unpaired) electrons. The van der Waals surface area contributed by atoms with Gasteiger partial charge in [-0.25, -0.2) is 4.39 Å². The lowest BCUT2D eigenvalue weighted by molar-refractivity contribution is -0.136. The Morgan fingerprint density at radius 1 is 1.19 bits per heavy atom. The molecule has 0 unspecified atom stereocenters. The zero-order valence-corrected chi connectivity index (χ0v) is 15.9. The van der Waals surface area contributed by atoms with Crippen molar-refractivity contribution in [1.29, 1.82) is 0 Å². The van der Waals surface area contributed by atoms with Crippen LogP contribution in [0.3, 0.4) is 0 Å². The van der Waals surface area contributed by atoms with Crippen LogP contribution in [-0.2, 0) is 11.3 Å². The van der Waals surface area contributed by atoms with Crippen molar-refractivity contribution in [2.45, 2.75) is 26.3 Å². The number of rotatable bonds is 4. The van der Waals surface area contributed by atoms with Gasteiger partial charge in [-0.15, -0.1) is 11.3 Å². The van der Waals surface area contributed by atoms with Crippen LogP contribution in [0.5, 0.6) is 0 Å². The van der Waals surface area contributed by atoms with Crippen molar-refractivity contribution in [3.63, 3.8) is 0 Å². The third kappa shape index (κ3) is 4.12. The van der Waals surface area contributed by atoms with Gasteiger partial charge < -0.3 is 9.80 Å². The summed E-state index contributed by atoms with van der Waals surface area (Å²) in [6, 6.07) is 7.67. The minimum absolute atomic E-state index is 0.0439. The number of carbonyl (C=O) groups is 2. The summed E-state index contributed by atoms with van der Waals surface area (Å²) in [6.07, 6.45) is 1.33. The van der Waals surface area contributed by atoms with Crippen LogP contribution in [0.15, 0.2) is 35.7 Å². The number of hydrogen-bond acceptors (Lipinski definition) is 3. The molecular formula is C20H23FN2O2S. The molecule has 1 aliphatic heterocycles. The summed E-state index contributed by atoms with van der Waals surface area (Å²) >= 11 is 1.67. The predicted octanol–water partition coefficient (Wildman–Crippen LogP) is 3.71. The van der Waals surface area contributed by atoms with E-state index in [1.54, 1.807) is 21.1 Å². The lowest BCUT2D eigenvalue weighted by atomic mass is 9.95. The first-order valence-electron chi connectivity index (χ1n) is 8.78. The normalized spacial score (nSPS) is 15.1. The Morgan fingerprint density at radius 2 is 1.85 bits per heavy atom. The zero-order valence-electron chi connectivity index (χ0n) is 15.1. The third-order valence-electron chi connectivity index (χ3n) is 4.95. The summed E-state index contributed by atoms with van der Waals surface area (Å²) < 4.78 is 13.0. The summed E-state index contributed by atoms with van der Waals surface area (Å²) in [5.41, 5.74) is 1.70. The number of nitrogens with zero attached hydrogens (tertiary/aromatic N) is 2. The second-order valence-corrected chi connectivity index (χ2v) is 7.80. The fourth-order valence-electron chi connectivity index (χ4n) is 3.28. The minimum atomic E-state index is -0.352. The highest BCUT2D eigenvalue weighted by atomic mass is 32.1. The quantitative estimate of drug-likeness (QED) is 0.819. The molecule has 1 aliphatic rings. The molecular weight excluding hydrogens is 351 g/mol. The first kappa shape index (κ1) is 18.6. The number of aryl methyl sites for hydroxylation is 1. The zero-order chi connectivity index (χ0) is 18.7. The van der Waals surface area contributed by atoms with Crippen LogP contribution in [0.2, 0.25) is 0 Å². The van der Waals surface area contributed by atoms with Crippen molar-refractivity contribution in [3.05, 3.63) is 57.5 Å². The number of halogens is 1. The Balaban J connectivity index is 1.54. The average molecular weight is 374 g/mol. The molecule has 2 heterocycles. The van der Waals surface area contributed by atoms with Crippen LogP contribution in [0.1, 0.15) is 33.6 Å². The molecule has 26 heavy (non-hydrogen) atoms. The second-order valence-electron chi connectivity index (χ2n) is 6.79. The molecule has 2 amide bonds. The van der Waals surface area contributed by atoms with E-state index in [0.29, 0.717) is 38.0 Å². The Labute approximate surface area is 157 Å². The van der Waals surface area contributed by atoms with Crippen LogP contribution >= 0.6 is 11.3 Å². The van der Waals surface area contributed by atoms with Gasteiger partial charge in [-0.1, -0.05) is 0 Å². The molecule has 4 nitrogen and oxygen atoms in total. The SMILES string of the molecule is Cc1ccsc1CN(C)C(=O)C1CCN(C(=O)c2ccc(F)cc2)CC1. The highest BCUT2D eigenvalue weighted by Gasteiger charge is 2.29. The number of benzene rings is 1. The minimum Gasteiger partial charge on any atom is -0.340 e. The maximum Gasteiger partial charge on any atom is 0.253 e. The van der Waals surface area contributed by atoms with E-state index < -0.39 is 0 Å². The van der Waals surface area contributed by atoms with Crippen LogP contribution in [0, 0.1) is 18.7 Å². The molecule has 0 aliphatic carbocycles. The number of amides is 2. The lowest BCUT2D eigenvalue weighted by Crippen LogP contribution is -2.43. The number of thiophene rings is 1. The Hall–Kier alpha value is -2.21. The molecule has 0 spiro atoms. The number of piperidine rings is 1. The van der Waals surface area contributed by atoms with E-state index in [2.05, 4.69) is 13.0 Å². The van der Waals surface area contributed by atoms with E-state index in [9.17, 15) is 14.0 Å². The number of likely N-dealkylation sites (tertiary alicyclic amines) is 1. The van der Waals surface area contributed by atoms with Crippen LogP contribution < -0.4 is 0 Å². The fraction of sp³-hybridized carbons (Fsp3) is 0.400. The van der Waals surface area contributed by atoms with Crippen molar-refractivity contribution in [2.24, 2.45) is 5.92 Å². The molecule has 0 atom stereocenters. The van der Waals surface area contributed by atoms with Gasteiger partial charge in [0.05, 0.1) is 6.54 Å². The average Bonchev–Trinajstić information content (AvgIpc) is 3.06. The summed E-state index contributed by atoms with van der Waals surface area (Å²) in [5, 5.41) is 2.04. The van der Waals surface area contributed by atoms with Gasteiger partial charge in [0.25, 0.3) is 5.91 Å². The smallest absolute Gasteiger partial charge is 0.253 e. The van der Waals surface area contributed by atoms with Crippen molar-refractivity contribution in [3.8, 4) is 0 Å². The first-order valence-corrected chi connectivity index (χ1v) is 9.66. The van der Waals surface area contributed by atoms with Gasteiger partial charge in [0.15, 0.2) is 0 Å². The van der Waals surface area contributed by atoms with Gasteiger partial charge in [-0.05, 0) is 61.0 Å². The molecule has 1 fully saturated rings. The molecule has 0 saturated carbocycles. The van der Waals surface area contributed by atoms with Crippen molar-refractivity contribution in [1.82, 2.24) is 9.80 Å². The van der Waals surface area contributed by atoms with Crippen molar-refractivity contribution < 1.29 is 14.0 Å². The van der Waals surface area contributed by atoms with E-state index in [0.717, 1.165) is 0 Å². The Bertz CT molecular complexity index is 779. The molecule has 0 N–H and O–H groups in total. The highest BCUT2D eigenvalue weighted by Crippen LogP contribution is 2.23. The van der Waals surface area contributed by atoms with Crippen LogP contribution in [-0.4, -0.2) is 41.8 Å². The molecule has 0 bridgehead atoms. The van der Waals surface area contributed by atoms with Gasteiger partial charge in [-0.2, -0.15) is 0 Å². The lowest BCUT2D eigenvalue weighted by Gasteiger charge is -2.33. The molecule has 138 valence electrons. The number of hydrogen-bond donors (Lipinski definition) is 0. The fourth-order valence-corrected chi connectivity index (χ4v) is 4.23. The summed E-state index contributed by atoms with van der Waals surface area (Å²) in [5.74, 6) is -0.349. The van der Waals surface area contributed by atoms with Gasteiger partial charge in [-0.3, -0.25) is 9.59 Å². The summed E-state index contributed by atoms with van der Waals surface area (Å²) in [6.45, 7) is 3.80. The van der Waals surface area contributed by atoms with Crippen molar-refractivity contribution in [2.75, 3.05) is 20.1 Å². The van der Waals surface area contributed by atoms with Gasteiger partial charge >= 0.3 is 0 Å². The van der Waals surface area contributed by atoms with Gasteiger partial charge in [0.2, 0.25) is 5.91 Å². The van der Waals surface area contributed by atoms with Crippen LogP contribution in [0.25, 0.3) is 0 Å². The standard InChI is InChI=1S/C20H23FN2O2S/c1-14-9-12-26-18(14)13-22(2)19(24)16-7-10-23(11-8-16)20(25)15-3-5-17(21)6-4-15/h3-6,9,12,16H,7-8,10-11,13H2,1-2H3. The molecule has 1 aromatic carbocycles. The van der Waals surface area contributed by atoms with E-state index in [4.69, 9.17) is 0 Å². The molecule has 1 saturated heterocycles. The largest absolute Gasteiger partial charge is 0.340 e. The topological polar surface area (TPSA) is 40.6 Å². The second kappa shape index (κ2) is 7.99. The van der Waals surface area contributed by atoms with Crippen LogP contribution in [0.4, 0.5) is 4.39 Å². The first-order chi connectivity index (χ1) is 12.5. The van der Waals surface area contributed by atoms with E-state index >= 15 is 0 Å². The third-order valence-corrected chi connectivity index (χ3v) is 5.96. The summed E-state index contributed by atoms with van der Waals surface area (Å²) in [7, 11) is 1.84. The van der Waals surface area contributed by atoms with Gasteiger partial charge in [0.1, 0.15) is 5.82 Å². The van der Waals surface area contributed by atoms with E-state index in [1.807, 2.05) is 12.4 Å². The maximum atomic E-state index is 13.0. The van der Waals surface area contributed by atoms with Crippen molar-refractivity contribution >= 4 is 23.2 Å². The Morgan fingerprint density at radius 3 is 2.42 bits per heavy atom. The molecule has 1 aromatic heterocycles. The van der Waals surface area contributed by atoms with E-state index in [-0.39, 0.29) is 23.5 Å². The number of carbonyl (C=O) groups excluding carboxylic acids is 2.